The molecule has 3 nitrogen and oxygen atoms in total. The van der Waals surface area contributed by atoms with Crippen LogP contribution >= 0.6 is 23.5 Å². The van der Waals surface area contributed by atoms with Crippen LogP contribution in [0.4, 0.5) is 0 Å². The topological polar surface area (TPSA) is 54.4 Å². The van der Waals surface area contributed by atoms with E-state index >= 15 is 0 Å². The highest BCUT2D eigenvalue weighted by Crippen LogP contribution is 2.70. The first-order valence-electron chi connectivity index (χ1n) is 13.0. The fraction of sp³-hybridized carbons (Fsp3) is 0.677. The molecule has 0 aromatic carbocycles. The summed E-state index contributed by atoms with van der Waals surface area (Å²) in [6, 6.07) is 0. The van der Waals surface area contributed by atoms with Gasteiger partial charge in [0, 0.05) is 22.3 Å². The van der Waals surface area contributed by atoms with E-state index in [1.165, 1.54) is 0 Å². The molecule has 0 unspecified atom stereocenters. The molecule has 200 valence electrons. The van der Waals surface area contributed by atoms with E-state index in [9.17, 15) is 14.7 Å². The molecule has 0 radical (unpaired) electrons. The number of fused-ring (bicyclic) bond motifs is 1. The molecule has 0 saturated carbocycles. The zero-order valence-electron chi connectivity index (χ0n) is 24.6. The number of rotatable bonds is 1. The molecule has 36 heavy (non-hydrogen) atoms. The van der Waals surface area contributed by atoms with Crippen molar-refractivity contribution in [3.8, 4) is 0 Å². The summed E-state index contributed by atoms with van der Waals surface area (Å²) >= 11 is 3.43. The van der Waals surface area contributed by atoms with E-state index in [1.807, 2.05) is 0 Å². The Bertz CT molecular complexity index is 950. The molecule has 5 heteroatoms. The fourth-order valence-corrected chi connectivity index (χ4v) is 9.31. The van der Waals surface area contributed by atoms with Crippen LogP contribution in [0.5, 0.6) is 0 Å². The normalized spacial score (nSPS) is 24.1. The number of Topliss-reactive ketones (excluding diaryl/α,β-unsaturated/α-hetero) is 2. The number of aliphatic hydroxyl groups excluding tert-OH is 1. The van der Waals surface area contributed by atoms with E-state index < -0.39 is 13.6 Å². The van der Waals surface area contributed by atoms with Crippen molar-refractivity contribution in [3.63, 3.8) is 0 Å². The molecule has 0 aromatic rings. The highest BCUT2D eigenvalue weighted by Gasteiger charge is 2.64. The molecule has 1 fully saturated rings. The summed E-state index contributed by atoms with van der Waals surface area (Å²) < 4.78 is -1.79. The van der Waals surface area contributed by atoms with Crippen LogP contribution in [-0.4, -0.2) is 36.9 Å². The van der Waals surface area contributed by atoms with Crippen molar-refractivity contribution in [3.05, 3.63) is 46.6 Å². The van der Waals surface area contributed by atoms with Crippen LogP contribution in [0.3, 0.4) is 0 Å². The number of ketones is 2. The largest absolute Gasteiger partial charge is 0.394 e. The van der Waals surface area contributed by atoms with Crippen LogP contribution in [0.15, 0.2) is 46.6 Å². The van der Waals surface area contributed by atoms with Gasteiger partial charge < -0.3 is 5.11 Å². The number of thioether (sulfide) groups is 2. The van der Waals surface area contributed by atoms with Gasteiger partial charge in [-0.2, -0.15) is 0 Å². The fourth-order valence-electron chi connectivity index (χ4n) is 5.25. The maximum absolute atomic E-state index is 13.9. The average Bonchev–Trinajstić information content (AvgIpc) is 2.90. The predicted molar refractivity (Wildman–Crippen MR) is 156 cm³/mol. The molecule has 2 spiro atoms. The molecule has 0 bridgehead atoms. The Balaban J connectivity index is 2.53. The van der Waals surface area contributed by atoms with Crippen LogP contribution in [0.25, 0.3) is 0 Å². The summed E-state index contributed by atoms with van der Waals surface area (Å²) in [4.78, 5) is 27.7. The van der Waals surface area contributed by atoms with Crippen molar-refractivity contribution in [2.75, 3.05) is 6.61 Å². The van der Waals surface area contributed by atoms with Gasteiger partial charge in [-0.1, -0.05) is 107 Å². The third-order valence-corrected chi connectivity index (χ3v) is 10.9. The van der Waals surface area contributed by atoms with Gasteiger partial charge in [0.2, 0.25) is 0 Å². The minimum Gasteiger partial charge on any atom is -0.394 e. The lowest BCUT2D eigenvalue weighted by atomic mass is 9.65. The molecule has 1 heterocycles. The van der Waals surface area contributed by atoms with Crippen LogP contribution in [0.1, 0.15) is 90.0 Å². The summed E-state index contributed by atoms with van der Waals surface area (Å²) in [7, 11) is 0. The summed E-state index contributed by atoms with van der Waals surface area (Å²) in [5, 5.41) is 10.6. The van der Waals surface area contributed by atoms with E-state index in [-0.39, 0.29) is 39.8 Å². The maximum atomic E-state index is 13.9. The molecule has 0 amide bonds. The Labute approximate surface area is 227 Å². The van der Waals surface area contributed by atoms with Gasteiger partial charge in [-0.05, 0) is 28.6 Å². The Morgan fingerprint density at radius 3 is 0.972 bits per heavy atom. The molecule has 1 aliphatic heterocycles. The van der Waals surface area contributed by atoms with Crippen LogP contribution in [-0.2, 0) is 9.59 Å². The van der Waals surface area contributed by atoms with Crippen molar-refractivity contribution < 1.29 is 14.7 Å². The number of allylic oxidation sites excluding steroid dienone is 4. The maximum Gasteiger partial charge on any atom is 0.185 e. The minimum absolute atomic E-state index is 0.0114. The van der Waals surface area contributed by atoms with Crippen molar-refractivity contribution in [2.24, 2.45) is 21.7 Å². The second-order valence-corrected chi connectivity index (χ2v) is 18.8. The van der Waals surface area contributed by atoms with Gasteiger partial charge in [-0.25, -0.2) is 0 Å². The van der Waals surface area contributed by atoms with Gasteiger partial charge in [-0.15, -0.1) is 23.5 Å². The lowest BCUT2D eigenvalue weighted by molar-refractivity contribution is -0.115. The van der Waals surface area contributed by atoms with Gasteiger partial charge in [-0.3, -0.25) is 9.59 Å². The van der Waals surface area contributed by atoms with Crippen molar-refractivity contribution >= 4 is 35.1 Å². The van der Waals surface area contributed by atoms with Gasteiger partial charge in [0.15, 0.2) is 11.6 Å². The Kier molecular flexibility index (Phi) is 6.95. The highest BCUT2D eigenvalue weighted by molar-refractivity contribution is 8.23. The lowest BCUT2D eigenvalue weighted by Crippen LogP contribution is -2.48. The molecule has 2 aliphatic carbocycles. The van der Waals surface area contributed by atoms with Crippen molar-refractivity contribution in [1.29, 1.82) is 0 Å². The molecule has 3 aliphatic rings. The molecule has 1 saturated heterocycles. The Hall–Kier alpha value is -1.04. The number of hydrogen-bond acceptors (Lipinski definition) is 5. The SMILES string of the molecule is CC1(CO)SC2(C=C(C(C)(C)C)C(=O)C(C(C)(C)C)=C2)C2(C=C(C(C)(C)C)C(=O)C(C(C)(C)C)=C2)S1. The van der Waals surface area contributed by atoms with Crippen LogP contribution < -0.4 is 0 Å². The van der Waals surface area contributed by atoms with Gasteiger partial charge >= 0.3 is 0 Å². The molecule has 1 N–H and O–H groups in total. The molecular weight excluding hydrogens is 484 g/mol. The van der Waals surface area contributed by atoms with Gasteiger partial charge in [0.1, 0.15) is 0 Å². The zero-order chi connectivity index (χ0) is 27.9. The van der Waals surface area contributed by atoms with Gasteiger partial charge in [0.25, 0.3) is 0 Å². The Morgan fingerprint density at radius 2 is 0.806 bits per heavy atom. The summed E-state index contributed by atoms with van der Waals surface area (Å²) in [5.74, 6) is 0.205. The van der Waals surface area contributed by atoms with E-state index in [0.717, 1.165) is 22.3 Å². The van der Waals surface area contributed by atoms with E-state index in [1.54, 1.807) is 23.5 Å². The first kappa shape index (κ1) is 29.5. The van der Waals surface area contributed by atoms with E-state index in [4.69, 9.17) is 0 Å². The number of carbonyl (C=O) groups is 2. The van der Waals surface area contributed by atoms with Gasteiger partial charge in [0.05, 0.1) is 20.2 Å². The second-order valence-electron chi connectivity index (χ2n) is 15.0. The molecule has 0 atom stereocenters. The van der Waals surface area contributed by atoms with E-state index in [0.29, 0.717) is 0 Å². The molecule has 0 aromatic heterocycles. The Morgan fingerprint density at radius 1 is 0.583 bits per heavy atom. The molecule has 3 rings (SSSR count). The average molecular weight is 531 g/mol. The monoisotopic (exact) mass is 530 g/mol. The standard InChI is InChI=1S/C31H46O3S2/c1-25(2,3)19-14-30(15-20(23(19)33)26(4,5)6)31(36-29(13,18-32)35-30)16-21(27(7,8)9)24(34)22(17-31)28(10,11)12/h14-17,32H,18H2,1-13H3. The number of carbonyl (C=O) groups excluding carboxylic acids is 2. The van der Waals surface area contributed by atoms with Crippen molar-refractivity contribution in [2.45, 2.75) is 104 Å². The number of aliphatic hydroxyl groups is 1. The minimum atomic E-state index is -0.637. The quantitative estimate of drug-likeness (QED) is 0.376. The third-order valence-electron chi connectivity index (χ3n) is 7.31. The van der Waals surface area contributed by atoms with Crippen LogP contribution in [0.2, 0.25) is 0 Å². The third kappa shape index (κ3) is 4.89. The van der Waals surface area contributed by atoms with Crippen molar-refractivity contribution in [1.82, 2.24) is 0 Å². The highest BCUT2D eigenvalue weighted by atomic mass is 32.2. The summed E-state index contributed by atoms with van der Waals surface area (Å²) in [6.07, 6.45) is 8.69. The first-order valence-corrected chi connectivity index (χ1v) is 14.6. The summed E-state index contributed by atoms with van der Waals surface area (Å²) in [5.41, 5.74) is 1.81. The number of hydrogen-bond donors (Lipinski definition) is 1. The van der Waals surface area contributed by atoms with E-state index in [2.05, 4.69) is 114 Å². The summed E-state index contributed by atoms with van der Waals surface area (Å²) in [6.45, 7) is 27.2. The lowest BCUT2D eigenvalue weighted by Gasteiger charge is -2.46. The second kappa shape index (κ2) is 8.48. The molecular formula is C31H46O3S2. The predicted octanol–water partition coefficient (Wildman–Crippen LogP) is 7.71. The van der Waals surface area contributed by atoms with Crippen LogP contribution in [0, 0.1) is 21.7 Å². The smallest absolute Gasteiger partial charge is 0.185 e. The first-order chi connectivity index (χ1) is 15.9. The zero-order valence-corrected chi connectivity index (χ0v) is 26.2.